The largest absolute Gasteiger partial charge is 0.469 e. The van der Waals surface area contributed by atoms with E-state index in [-0.39, 0.29) is 24.0 Å². The average Bonchev–Trinajstić information content (AvgIpc) is 2.95. The molecule has 1 fully saturated rings. The summed E-state index contributed by atoms with van der Waals surface area (Å²) in [6.45, 7) is 12.0. The van der Waals surface area contributed by atoms with E-state index in [9.17, 15) is 0 Å². The third kappa shape index (κ3) is 6.42. The Balaban J connectivity index is 0.00000242. The molecule has 1 saturated heterocycles. The van der Waals surface area contributed by atoms with Crippen LogP contribution >= 0.6 is 24.0 Å². The molecule has 0 bridgehead atoms. The van der Waals surface area contributed by atoms with Gasteiger partial charge in [-0.25, -0.2) is 4.99 Å². The van der Waals surface area contributed by atoms with E-state index >= 15 is 0 Å². The van der Waals surface area contributed by atoms with Gasteiger partial charge >= 0.3 is 0 Å². The van der Waals surface area contributed by atoms with Crippen LogP contribution in [0.3, 0.4) is 0 Å². The van der Waals surface area contributed by atoms with E-state index in [1.165, 1.54) is 12.8 Å². The van der Waals surface area contributed by atoms with Crippen molar-refractivity contribution in [1.29, 1.82) is 0 Å². The van der Waals surface area contributed by atoms with E-state index in [0.717, 1.165) is 49.3 Å². The number of piperidine rings is 1. The summed E-state index contributed by atoms with van der Waals surface area (Å²) in [5, 5.41) is 3.48. The van der Waals surface area contributed by atoms with Gasteiger partial charge in [0, 0.05) is 26.1 Å². The third-order valence-corrected chi connectivity index (χ3v) is 3.69. The zero-order chi connectivity index (χ0) is 15.1. The van der Waals surface area contributed by atoms with Gasteiger partial charge in [0.05, 0.1) is 12.8 Å². The Morgan fingerprint density at radius 1 is 1.55 bits per heavy atom. The molecular formula is C17H28IN3O. The van der Waals surface area contributed by atoms with Crippen molar-refractivity contribution in [3.05, 3.63) is 36.3 Å². The molecule has 0 radical (unpaired) electrons. The van der Waals surface area contributed by atoms with E-state index in [1.807, 2.05) is 19.1 Å². The average molecular weight is 417 g/mol. The maximum absolute atomic E-state index is 5.37. The first-order valence-electron chi connectivity index (χ1n) is 7.85. The molecule has 0 saturated carbocycles. The zero-order valence-corrected chi connectivity index (χ0v) is 16.0. The maximum Gasteiger partial charge on any atom is 0.194 e. The third-order valence-electron chi connectivity index (χ3n) is 3.69. The molecule has 1 unspecified atom stereocenters. The summed E-state index contributed by atoms with van der Waals surface area (Å²) in [6, 6.07) is 3.94. The van der Waals surface area contributed by atoms with Crippen LogP contribution < -0.4 is 5.32 Å². The summed E-state index contributed by atoms with van der Waals surface area (Å²) in [7, 11) is 0. The molecule has 1 aliphatic rings. The summed E-state index contributed by atoms with van der Waals surface area (Å²) in [5.74, 6) is 2.76. The van der Waals surface area contributed by atoms with Crippen molar-refractivity contribution < 1.29 is 4.42 Å². The lowest BCUT2D eigenvalue weighted by molar-refractivity contribution is 0.266. The van der Waals surface area contributed by atoms with Gasteiger partial charge in [-0.05, 0) is 37.8 Å². The van der Waals surface area contributed by atoms with Gasteiger partial charge in [0.2, 0.25) is 0 Å². The minimum atomic E-state index is 0. The van der Waals surface area contributed by atoms with Crippen LogP contribution in [0.1, 0.15) is 32.4 Å². The van der Waals surface area contributed by atoms with Gasteiger partial charge in [-0.3, -0.25) is 0 Å². The molecule has 0 aromatic carbocycles. The van der Waals surface area contributed by atoms with Crippen LogP contribution in [0.4, 0.5) is 0 Å². The van der Waals surface area contributed by atoms with E-state index < -0.39 is 0 Å². The van der Waals surface area contributed by atoms with Gasteiger partial charge in [-0.15, -0.1) is 24.0 Å². The first-order valence-corrected chi connectivity index (χ1v) is 7.85. The number of guanidine groups is 1. The van der Waals surface area contributed by atoms with Crippen LogP contribution in [-0.4, -0.2) is 37.0 Å². The Hall–Kier alpha value is -0.980. The predicted molar refractivity (Wildman–Crippen MR) is 103 cm³/mol. The lowest BCUT2D eigenvalue weighted by Crippen LogP contribution is -2.46. The minimum Gasteiger partial charge on any atom is -0.469 e. The van der Waals surface area contributed by atoms with E-state index in [4.69, 9.17) is 9.41 Å². The van der Waals surface area contributed by atoms with Gasteiger partial charge in [0.25, 0.3) is 0 Å². The Morgan fingerprint density at radius 2 is 2.36 bits per heavy atom. The molecule has 1 N–H and O–H groups in total. The monoisotopic (exact) mass is 417 g/mol. The van der Waals surface area contributed by atoms with Crippen molar-refractivity contribution >= 4 is 29.9 Å². The molecule has 1 aliphatic heterocycles. The smallest absolute Gasteiger partial charge is 0.194 e. The molecule has 0 spiro atoms. The lowest BCUT2D eigenvalue weighted by atomic mass is 10.0. The Morgan fingerprint density at radius 3 is 3.00 bits per heavy atom. The second-order valence-corrected chi connectivity index (χ2v) is 6.05. The van der Waals surface area contributed by atoms with Gasteiger partial charge in [0.15, 0.2) is 5.96 Å². The highest BCUT2D eigenvalue weighted by Gasteiger charge is 2.19. The molecular weight excluding hydrogens is 389 g/mol. The van der Waals surface area contributed by atoms with Crippen LogP contribution in [0, 0.1) is 5.92 Å². The standard InChI is InChI=1S/C17H27N3O.HI/c1-14(2)12-19-17(20-10-4-6-15(3)13-20)18-9-8-16-7-5-11-21-16;/h5,7,11,15H,1,4,6,8-10,12-13H2,2-3H3,(H,18,19);1H. The topological polar surface area (TPSA) is 40.8 Å². The summed E-state index contributed by atoms with van der Waals surface area (Å²) < 4.78 is 5.37. The van der Waals surface area contributed by atoms with Crippen LogP contribution in [0.5, 0.6) is 0 Å². The minimum absolute atomic E-state index is 0. The number of hydrogen-bond donors (Lipinski definition) is 1. The van der Waals surface area contributed by atoms with E-state index in [2.05, 4.69) is 23.7 Å². The quantitative estimate of drug-likeness (QED) is 0.344. The van der Waals surface area contributed by atoms with Crippen molar-refractivity contribution in [3.63, 3.8) is 0 Å². The molecule has 0 amide bonds. The van der Waals surface area contributed by atoms with Gasteiger partial charge < -0.3 is 14.6 Å². The number of nitrogens with zero attached hydrogens (tertiary/aromatic N) is 2. The predicted octanol–water partition coefficient (Wildman–Crippen LogP) is 3.69. The Kier molecular flexibility index (Phi) is 8.60. The number of nitrogens with one attached hydrogen (secondary N) is 1. The first-order chi connectivity index (χ1) is 10.1. The van der Waals surface area contributed by atoms with E-state index in [0.29, 0.717) is 6.54 Å². The summed E-state index contributed by atoms with van der Waals surface area (Å²) in [4.78, 5) is 7.08. The molecule has 22 heavy (non-hydrogen) atoms. The highest BCUT2D eigenvalue weighted by molar-refractivity contribution is 14.0. The number of aliphatic imine (C=N–C) groups is 1. The number of rotatable bonds is 5. The Bertz CT molecular complexity index is 470. The maximum atomic E-state index is 5.37. The van der Waals surface area contributed by atoms with E-state index in [1.54, 1.807) is 6.26 Å². The summed E-state index contributed by atoms with van der Waals surface area (Å²) >= 11 is 0. The fraction of sp³-hybridized carbons (Fsp3) is 0.588. The molecule has 2 heterocycles. The summed E-state index contributed by atoms with van der Waals surface area (Å²) in [6.07, 6.45) is 5.16. The molecule has 4 nitrogen and oxygen atoms in total. The number of hydrogen-bond acceptors (Lipinski definition) is 2. The van der Waals surface area contributed by atoms with Crippen LogP contribution in [-0.2, 0) is 6.42 Å². The molecule has 1 atom stereocenters. The second-order valence-electron chi connectivity index (χ2n) is 6.05. The Labute approximate surface area is 151 Å². The molecule has 1 aromatic rings. The van der Waals surface area contributed by atoms with Crippen molar-refractivity contribution in [1.82, 2.24) is 10.2 Å². The normalized spacial score (nSPS) is 18.7. The molecule has 2 rings (SSSR count). The van der Waals surface area contributed by atoms with Crippen molar-refractivity contribution in [2.24, 2.45) is 10.9 Å². The fourth-order valence-electron chi connectivity index (χ4n) is 2.61. The fourth-order valence-corrected chi connectivity index (χ4v) is 2.61. The summed E-state index contributed by atoms with van der Waals surface area (Å²) in [5.41, 5.74) is 1.09. The van der Waals surface area contributed by atoms with Crippen LogP contribution in [0.25, 0.3) is 0 Å². The number of likely N-dealkylation sites (tertiary alicyclic amines) is 1. The van der Waals surface area contributed by atoms with Gasteiger partial charge in [-0.2, -0.15) is 0 Å². The highest BCUT2D eigenvalue weighted by atomic mass is 127. The van der Waals surface area contributed by atoms with Crippen LogP contribution in [0.2, 0.25) is 0 Å². The lowest BCUT2D eigenvalue weighted by Gasteiger charge is -2.33. The van der Waals surface area contributed by atoms with Crippen molar-refractivity contribution in [3.8, 4) is 0 Å². The molecule has 124 valence electrons. The van der Waals surface area contributed by atoms with Crippen molar-refractivity contribution in [2.75, 3.05) is 26.2 Å². The molecule has 0 aliphatic carbocycles. The second kappa shape index (κ2) is 9.92. The van der Waals surface area contributed by atoms with Gasteiger partial charge in [0.1, 0.15) is 5.76 Å². The first kappa shape index (κ1) is 19.1. The molecule has 5 heteroatoms. The van der Waals surface area contributed by atoms with Gasteiger partial charge in [-0.1, -0.05) is 19.1 Å². The molecule has 1 aromatic heterocycles. The zero-order valence-electron chi connectivity index (χ0n) is 13.7. The number of furan rings is 1. The van der Waals surface area contributed by atoms with Crippen molar-refractivity contribution in [2.45, 2.75) is 33.1 Å². The number of halogens is 1. The van der Waals surface area contributed by atoms with Crippen LogP contribution in [0.15, 0.2) is 40.0 Å². The highest BCUT2D eigenvalue weighted by Crippen LogP contribution is 2.15. The SMILES string of the molecule is C=C(C)CN=C(NCCc1ccco1)N1CCCC(C)C1.I.